The fourth-order valence-electron chi connectivity index (χ4n) is 3.49. The molecule has 3 rings (SSSR count). The molecule has 0 radical (unpaired) electrons. The third-order valence-electron chi connectivity index (χ3n) is 4.85. The number of nitrogens with zero attached hydrogens (tertiary/aromatic N) is 3. The van der Waals surface area contributed by atoms with Crippen LogP contribution < -0.4 is 0 Å². The van der Waals surface area contributed by atoms with Gasteiger partial charge in [0.2, 0.25) is 0 Å². The predicted octanol–water partition coefficient (Wildman–Crippen LogP) is 3.74. The molecule has 1 saturated heterocycles. The van der Waals surface area contributed by atoms with Crippen LogP contribution >= 0.6 is 0 Å². The van der Waals surface area contributed by atoms with Crippen molar-refractivity contribution in [2.24, 2.45) is 0 Å². The van der Waals surface area contributed by atoms with E-state index < -0.39 is 5.97 Å². The highest BCUT2D eigenvalue weighted by atomic mass is 16.4. The van der Waals surface area contributed by atoms with Crippen molar-refractivity contribution in [2.45, 2.75) is 45.6 Å². The van der Waals surface area contributed by atoms with Gasteiger partial charge in [-0.15, -0.1) is 0 Å². The third-order valence-corrected chi connectivity index (χ3v) is 4.85. The average Bonchev–Trinajstić information content (AvgIpc) is 2.61. The zero-order chi connectivity index (χ0) is 18.0. The van der Waals surface area contributed by atoms with Gasteiger partial charge in [0.05, 0.1) is 11.3 Å². The van der Waals surface area contributed by atoms with Gasteiger partial charge in [0.1, 0.15) is 5.82 Å². The van der Waals surface area contributed by atoms with E-state index in [-0.39, 0.29) is 5.56 Å². The van der Waals surface area contributed by atoms with E-state index in [2.05, 4.69) is 23.7 Å². The van der Waals surface area contributed by atoms with Crippen LogP contribution in [0.15, 0.2) is 30.3 Å². The molecular formula is C20H25N3O2. The molecule has 1 aliphatic heterocycles. The lowest BCUT2D eigenvalue weighted by Crippen LogP contribution is -2.39. The molecule has 1 aromatic heterocycles. The van der Waals surface area contributed by atoms with Crippen LogP contribution in [0, 0.1) is 6.92 Å². The third kappa shape index (κ3) is 3.87. The van der Waals surface area contributed by atoms with Gasteiger partial charge in [-0.1, -0.05) is 18.2 Å². The number of carboxylic acid groups (broad SMARTS) is 1. The second-order valence-electron chi connectivity index (χ2n) is 7.03. The molecule has 1 N–H and O–H groups in total. The van der Waals surface area contributed by atoms with E-state index in [0.29, 0.717) is 23.2 Å². The normalized spacial score (nSPS) is 18.5. The number of aromatic nitrogens is 2. The number of aryl methyl sites for hydroxylation is 1. The Morgan fingerprint density at radius 1 is 1.28 bits per heavy atom. The summed E-state index contributed by atoms with van der Waals surface area (Å²) in [5.74, 6) is 0.199. The Morgan fingerprint density at radius 3 is 2.76 bits per heavy atom. The molecule has 0 saturated carbocycles. The van der Waals surface area contributed by atoms with Gasteiger partial charge >= 0.3 is 5.97 Å². The van der Waals surface area contributed by atoms with Crippen LogP contribution in [0.5, 0.6) is 0 Å². The molecule has 0 spiro atoms. The van der Waals surface area contributed by atoms with Gasteiger partial charge in [-0.25, -0.2) is 14.8 Å². The smallest absolute Gasteiger partial charge is 0.336 e. The molecule has 132 valence electrons. The number of benzene rings is 1. The summed E-state index contributed by atoms with van der Waals surface area (Å²) in [4.78, 5) is 23.4. The number of aromatic carboxylic acids is 1. The Bertz CT molecular complexity index is 773. The van der Waals surface area contributed by atoms with E-state index in [1.807, 2.05) is 25.1 Å². The molecule has 0 bridgehead atoms. The number of rotatable bonds is 4. The van der Waals surface area contributed by atoms with Crippen molar-refractivity contribution in [1.29, 1.82) is 0 Å². The molecule has 1 aliphatic rings. The van der Waals surface area contributed by atoms with Crippen LogP contribution in [0.25, 0.3) is 11.3 Å². The molecular weight excluding hydrogens is 314 g/mol. The van der Waals surface area contributed by atoms with Crippen LogP contribution in [-0.2, 0) is 0 Å². The lowest BCUT2D eigenvalue weighted by atomic mass is 9.95. The van der Waals surface area contributed by atoms with Gasteiger partial charge in [0.25, 0.3) is 0 Å². The minimum atomic E-state index is -0.933. The molecule has 1 fully saturated rings. The van der Waals surface area contributed by atoms with Gasteiger partial charge in [-0.2, -0.15) is 0 Å². The number of hydrogen-bond acceptors (Lipinski definition) is 4. The highest BCUT2D eigenvalue weighted by molar-refractivity contribution is 5.95. The predicted molar refractivity (Wildman–Crippen MR) is 97.8 cm³/mol. The number of carbonyl (C=O) groups is 1. The average molecular weight is 339 g/mol. The number of carboxylic acids is 1. The summed E-state index contributed by atoms with van der Waals surface area (Å²) in [6, 6.07) is 9.41. The van der Waals surface area contributed by atoms with E-state index in [1.165, 1.54) is 0 Å². The molecule has 5 nitrogen and oxygen atoms in total. The zero-order valence-corrected chi connectivity index (χ0v) is 15.1. The minimum absolute atomic E-state index is 0.277. The summed E-state index contributed by atoms with van der Waals surface area (Å²) >= 11 is 0. The Kier molecular flexibility index (Phi) is 5.13. The molecule has 2 aromatic rings. The first-order chi connectivity index (χ1) is 12.0. The van der Waals surface area contributed by atoms with Crippen LogP contribution in [0.4, 0.5) is 0 Å². The van der Waals surface area contributed by atoms with Gasteiger partial charge < -0.3 is 10.0 Å². The van der Waals surface area contributed by atoms with E-state index in [1.54, 1.807) is 12.1 Å². The maximum atomic E-state index is 11.5. The lowest BCUT2D eigenvalue weighted by molar-refractivity contribution is 0.0697. The Morgan fingerprint density at radius 2 is 2.04 bits per heavy atom. The molecule has 0 amide bonds. The van der Waals surface area contributed by atoms with E-state index in [4.69, 9.17) is 4.98 Å². The van der Waals surface area contributed by atoms with Crippen molar-refractivity contribution in [2.75, 3.05) is 13.1 Å². The molecule has 1 unspecified atom stereocenters. The Labute approximate surface area is 148 Å². The van der Waals surface area contributed by atoms with E-state index in [9.17, 15) is 9.90 Å². The van der Waals surface area contributed by atoms with Gasteiger partial charge in [0, 0.05) is 29.8 Å². The molecule has 1 aromatic carbocycles. The number of piperidine rings is 1. The van der Waals surface area contributed by atoms with Crippen LogP contribution in [0.3, 0.4) is 0 Å². The van der Waals surface area contributed by atoms with Gasteiger partial charge in [-0.05, 0) is 52.3 Å². The monoisotopic (exact) mass is 339 g/mol. The Balaban J connectivity index is 1.98. The highest BCUT2D eigenvalue weighted by Gasteiger charge is 2.25. The van der Waals surface area contributed by atoms with Crippen molar-refractivity contribution in [3.05, 3.63) is 47.4 Å². The summed E-state index contributed by atoms with van der Waals surface area (Å²) in [6.45, 7) is 8.46. The summed E-state index contributed by atoms with van der Waals surface area (Å²) in [7, 11) is 0. The SMILES string of the molecule is Cc1cc(-c2ccccc2C(=O)O)nc(C2CCCN(C(C)C)C2)n1. The van der Waals surface area contributed by atoms with Crippen molar-refractivity contribution >= 4 is 5.97 Å². The van der Waals surface area contributed by atoms with Crippen molar-refractivity contribution in [1.82, 2.24) is 14.9 Å². The zero-order valence-electron chi connectivity index (χ0n) is 15.1. The van der Waals surface area contributed by atoms with Crippen LogP contribution in [-0.4, -0.2) is 45.1 Å². The van der Waals surface area contributed by atoms with Crippen molar-refractivity contribution in [3.63, 3.8) is 0 Å². The maximum absolute atomic E-state index is 11.5. The summed E-state index contributed by atoms with van der Waals surface area (Å²) in [5, 5.41) is 9.46. The fraction of sp³-hybridized carbons (Fsp3) is 0.450. The summed E-state index contributed by atoms with van der Waals surface area (Å²) in [6.07, 6.45) is 2.22. The molecule has 25 heavy (non-hydrogen) atoms. The van der Waals surface area contributed by atoms with E-state index in [0.717, 1.165) is 37.4 Å². The van der Waals surface area contributed by atoms with E-state index >= 15 is 0 Å². The largest absolute Gasteiger partial charge is 0.478 e. The summed E-state index contributed by atoms with van der Waals surface area (Å²) < 4.78 is 0. The number of hydrogen-bond donors (Lipinski definition) is 1. The molecule has 5 heteroatoms. The second-order valence-corrected chi connectivity index (χ2v) is 7.03. The highest BCUT2D eigenvalue weighted by Crippen LogP contribution is 2.29. The van der Waals surface area contributed by atoms with Crippen molar-refractivity contribution < 1.29 is 9.90 Å². The Hall–Kier alpha value is -2.27. The number of likely N-dealkylation sites (tertiary alicyclic amines) is 1. The first-order valence-electron chi connectivity index (χ1n) is 8.88. The summed E-state index contributed by atoms with van der Waals surface area (Å²) in [5.41, 5.74) is 2.50. The standard InChI is InChI=1S/C20H25N3O2/c1-13(2)23-10-6-7-15(12-23)19-21-14(3)11-18(22-19)16-8-4-5-9-17(16)20(24)25/h4-5,8-9,11,13,15H,6-7,10,12H2,1-3H3,(H,24,25). The van der Waals surface area contributed by atoms with Gasteiger partial charge in [0.15, 0.2) is 0 Å². The first kappa shape index (κ1) is 17.5. The molecule has 0 aliphatic carbocycles. The molecule has 1 atom stereocenters. The fourth-order valence-corrected chi connectivity index (χ4v) is 3.49. The minimum Gasteiger partial charge on any atom is -0.478 e. The topological polar surface area (TPSA) is 66.3 Å². The first-order valence-corrected chi connectivity index (χ1v) is 8.88. The molecule has 2 heterocycles. The van der Waals surface area contributed by atoms with Gasteiger partial charge in [-0.3, -0.25) is 0 Å². The van der Waals surface area contributed by atoms with Crippen LogP contribution in [0.2, 0.25) is 0 Å². The quantitative estimate of drug-likeness (QED) is 0.919. The van der Waals surface area contributed by atoms with Crippen LogP contribution in [0.1, 0.15) is 54.5 Å². The maximum Gasteiger partial charge on any atom is 0.336 e. The lowest BCUT2D eigenvalue weighted by Gasteiger charge is -2.34. The van der Waals surface area contributed by atoms with Crippen molar-refractivity contribution in [3.8, 4) is 11.3 Å². The second kappa shape index (κ2) is 7.31.